The number of benzene rings is 7. The van der Waals surface area contributed by atoms with Gasteiger partial charge in [-0.05, 0) is 123 Å². The minimum Gasteiger partial charge on any atom is -0.228 e. The summed E-state index contributed by atoms with van der Waals surface area (Å²) in [6.07, 6.45) is 12.9. The molecule has 4 aliphatic rings. The molecule has 2 spiro atoms. The highest BCUT2D eigenvalue weighted by Gasteiger charge is 2.49. The van der Waals surface area contributed by atoms with Gasteiger partial charge in [-0.1, -0.05) is 178 Å². The van der Waals surface area contributed by atoms with Crippen LogP contribution in [-0.4, -0.2) is 9.97 Å². The van der Waals surface area contributed by atoms with Crippen molar-refractivity contribution in [2.24, 2.45) is 0 Å². The van der Waals surface area contributed by atoms with Crippen LogP contribution >= 0.6 is 0 Å². The van der Waals surface area contributed by atoms with Gasteiger partial charge in [0.1, 0.15) is 0 Å². The highest BCUT2D eigenvalue weighted by atomic mass is 14.9. The molecule has 2 fully saturated rings. The third-order valence-electron chi connectivity index (χ3n) is 14.7. The van der Waals surface area contributed by atoms with Gasteiger partial charge in [-0.2, -0.15) is 0 Å². The molecule has 0 bridgehead atoms. The molecule has 2 saturated carbocycles. The van der Waals surface area contributed by atoms with E-state index in [2.05, 4.69) is 164 Å². The fraction of sp³-hybridized carbons (Fsp3) is 0.207. The Bertz CT molecular complexity index is 2870. The highest BCUT2D eigenvalue weighted by molar-refractivity contribution is 5.97. The topological polar surface area (TPSA) is 25.8 Å². The summed E-state index contributed by atoms with van der Waals surface area (Å²) in [5.74, 6) is 0.734. The predicted molar refractivity (Wildman–Crippen MR) is 248 cm³/mol. The van der Waals surface area contributed by atoms with Crippen LogP contribution in [0.4, 0.5) is 0 Å². The largest absolute Gasteiger partial charge is 0.228 e. The molecule has 7 aromatic carbocycles. The fourth-order valence-corrected chi connectivity index (χ4v) is 11.9. The van der Waals surface area contributed by atoms with Crippen molar-refractivity contribution in [3.8, 4) is 78.4 Å². The van der Waals surface area contributed by atoms with Gasteiger partial charge >= 0.3 is 0 Å². The van der Waals surface area contributed by atoms with Crippen LogP contribution in [0.2, 0.25) is 0 Å². The van der Waals surface area contributed by atoms with E-state index in [9.17, 15) is 0 Å². The van der Waals surface area contributed by atoms with Gasteiger partial charge in [-0.3, -0.25) is 0 Å². The zero-order valence-electron chi connectivity index (χ0n) is 34.1. The van der Waals surface area contributed by atoms with Crippen molar-refractivity contribution in [1.82, 2.24) is 9.97 Å². The van der Waals surface area contributed by atoms with Gasteiger partial charge in [-0.25, -0.2) is 9.97 Å². The van der Waals surface area contributed by atoms with E-state index in [0.717, 1.165) is 33.9 Å². The third kappa shape index (κ3) is 5.53. The molecular weight excluding hydrogens is 725 g/mol. The van der Waals surface area contributed by atoms with Crippen molar-refractivity contribution in [3.05, 3.63) is 192 Å². The van der Waals surface area contributed by atoms with Gasteiger partial charge in [0.15, 0.2) is 5.82 Å². The zero-order chi connectivity index (χ0) is 39.7. The molecule has 1 aromatic heterocycles. The Morgan fingerprint density at radius 2 is 0.783 bits per heavy atom. The van der Waals surface area contributed by atoms with E-state index in [1.807, 2.05) is 6.07 Å². The van der Waals surface area contributed by atoms with Crippen LogP contribution in [0.25, 0.3) is 78.4 Å². The molecule has 8 aromatic rings. The monoisotopic (exact) mass is 772 g/mol. The fourth-order valence-electron chi connectivity index (χ4n) is 11.9. The molecular formula is C58H48N2. The molecule has 0 aliphatic heterocycles. The Labute approximate surface area is 354 Å². The normalized spacial score (nSPS) is 16.6. The molecule has 0 amide bonds. The minimum atomic E-state index is 0.0753. The van der Waals surface area contributed by atoms with Crippen molar-refractivity contribution >= 4 is 0 Å². The van der Waals surface area contributed by atoms with E-state index in [-0.39, 0.29) is 10.8 Å². The lowest BCUT2D eigenvalue weighted by molar-refractivity contribution is 0.350. The summed E-state index contributed by atoms with van der Waals surface area (Å²) in [5, 5.41) is 0. The predicted octanol–water partition coefficient (Wildman–Crippen LogP) is 15.3. The number of rotatable bonds is 5. The second-order valence-corrected chi connectivity index (χ2v) is 17.9. The maximum Gasteiger partial charge on any atom is 0.160 e. The second-order valence-electron chi connectivity index (χ2n) is 17.9. The van der Waals surface area contributed by atoms with E-state index < -0.39 is 0 Å². The lowest BCUT2D eigenvalue weighted by Gasteiger charge is -2.37. The first-order valence-electron chi connectivity index (χ1n) is 22.3. The van der Waals surface area contributed by atoms with Crippen LogP contribution in [0.5, 0.6) is 0 Å². The Kier molecular flexibility index (Phi) is 8.37. The molecule has 0 unspecified atom stereocenters. The second kappa shape index (κ2) is 14.1. The van der Waals surface area contributed by atoms with Crippen molar-refractivity contribution < 1.29 is 0 Å². The average molecular weight is 773 g/mol. The van der Waals surface area contributed by atoms with Crippen LogP contribution in [0, 0.1) is 0 Å². The summed E-state index contributed by atoms with van der Waals surface area (Å²) in [6.45, 7) is 0. The number of hydrogen-bond acceptors (Lipinski definition) is 2. The lowest BCUT2D eigenvalue weighted by atomic mass is 9.66. The molecule has 0 atom stereocenters. The lowest BCUT2D eigenvalue weighted by Crippen LogP contribution is -2.29. The first-order chi connectivity index (χ1) is 29.7. The molecule has 0 N–H and O–H groups in total. The van der Waals surface area contributed by atoms with Crippen LogP contribution < -0.4 is 0 Å². The minimum absolute atomic E-state index is 0.0753. The SMILES string of the molecule is c1ccc(-c2cc(-c3cccc(-c4cccc(-c5cccc6c5-c5cc7c(cc5C65CCCCC5)-c5ccccc5C75CCCCC5)c4)c3)nc(-c3ccccc3)n2)cc1. The standard InChI is InChI=1S/C58H48N2/c1-5-18-39(19-6-1)53-38-54(60-56(59-53)40-20-7-2-8-21-40)44-25-16-23-42(35-44)41-22-15-24-43(34-41)45-27-17-29-50-55(45)48-37-51-47(36-52(48)58(50)32-13-4-14-33-58)46-26-9-10-28-49(46)57(51)30-11-3-12-31-57/h1-2,5-10,15-29,34-38H,3-4,11-14,30-33H2. The third-order valence-corrected chi connectivity index (χ3v) is 14.7. The molecule has 0 radical (unpaired) electrons. The maximum atomic E-state index is 5.16. The molecule has 290 valence electrons. The molecule has 60 heavy (non-hydrogen) atoms. The Hall–Kier alpha value is -6.38. The molecule has 4 aliphatic carbocycles. The van der Waals surface area contributed by atoms with E-state index in [1.165, 1.54) is 109 Å². The van der Waals surface area contributed by atoms with Gasteiger partial charge < -0.3 is 0 Å². The number of hydrogen-bond donors (Lipinski definition) is 0. The number of fused-ring (bicyclic) bond motifs is 10. The summed E-state index contributed by atoms with van der Waals surface area (Å²) in [4.78, 5) is 10.2. The molecule has 0 saturated heterocycles. The van der Waals surface area contributed by atoms with Gasteiger partial charge in [0.2, 0.25) is 0 Å². The molecule has 12 rings (SSSR count). The summed E-state index contributed by atoms with van der Waals surface area (Å²) in [6, 6.07) is 63.1. The average Bonchev–Trinajstić information content (AvgIpc) is 3.74. The van der Waals surface area contributed by atoms with E-state index >= 15 is 0 Å². The van der Waals surface area contributed by atoms with Gasteiger partial charge in [-0.15, -0.1) is 0 Å². The van der Waals surface area contributed by atoms with E-state index in [4.69, 9.17) is 9.97 Å². The van der Waals surface area contributed by atoms with Crippen molar-refractivity contribution in [1.29, 1.82) is 0 Å². The summed E-state index contributed by atoms with van der Waals surface area (Å²) < 4.78 is 0. The number of aromatic nitrogens is 2. The molecule has 1 heterocycles. The summed E-state index contributed by atoms with van der Waals surface area (Å²) >= 11 is 0. The van der Waals surface area contributed by atoms with Gasteiger partial charge in [0, 0.05) is 27.5 Å². The first kappa shape index (κ1) is 35.6. The van der Waals surface area contributed by atoms with Crippen LogP contribution in [0.1, 0.15) is 86.5 Å². The van der Waals surface area contributed by atoms with Crippen molar-refractivity contribution in [2.75, 3.05) is 0 Å². The quantitative estimate of drug-likeness (QED) is 0.174. The summed E-state index contributed by atoms with van der Waals surface area (Å²) in [5.41, 5.74) is 22.6. The maximum absolute atomic E-state index is 5.16. The highest BCUT2D eigenvalue weighted by Crippen LogP contribution is 2.63. The van der Waals surface area contributed by atoms with Gasteiger partial charge in [0.05, 0.1) is 11.4 Å². The summed E-state index contributed by atoms with van der Waals surface area (Å²) in [7, 11) is 0. The van der Waals surface area contributed by atoms with E-state index in [1.54, 1.807) is 22.3 Å². The zero-order valence-corrected chi connectivity index (χ0v) is 34.1. The van der Waals surface area contributed by atoms with Crippen molar-refractivity contribution in [2.45, 2.75) is 75.0 Å². The van der Waals surface area contributed by atoms with E-state index in [0.29, 0.717) is 0 Å². The molecule has 2 nitrogen and oxygen atoms in total. The Morgan fingerprint density at radius 3 is 1.50 bits per heavy atom. The number of nitrogens with zero attached hydrogens (tertiary/aromatic N) is 2. The van der Waals surface area contributed by atoms with Crippen LogP contribution in [-0.2, 0) is 10.8 Å². The Balaban J connectivity index is 0.986. The van der Waals surface area contributed by atoms with Crippen LogP contribution in [0.15, 0.2) is 170 Å². The first-order valence-corrected chi connectivity index (χ1v) is 22.3. The van der Waals surface area contributed by atoms with Gasteiger partial charge in [0.25, 0.3) is 0 Å². The van der Waals surface area contributed by atoms with Crippen molar-refractivity contribution in [3.63, 3.8) is 0 Å². The van der Waals surface area contributed by atoms with Crippen LogP contribution in [0.3, 0.4) is 0 Å². The Morgan fingerprint density at radius 1 is 0.300 bits per heavy atom. The smallest absolute Gasteiger partial charge is 0.160 e. The molecule has 2 heteroatoms.